The van der Waals surface area contributed by atoms with E-state index in [1.807, 2.05) is 20.8 Å². The minimum absolute atomic E-state index is 0.144. The molecule has 0 bridgehead atoms. The lowest BCUT2D eigenvalue weighted by molar-refractivity contribution is 0.580. The fraction of sp³-hybridized carbons (Fsp3) is 0.286. The van der Waals surface area contributed by atoms with E-state index in [0.29, 0.717) is 17.0 Å². The Morgan fingerprint density at radius 1 is 1.18 bits per heavy atom. The average molecular weight is 320 g/mol. The van der Waals surface area contributed by atoms with Gasteiger partial charge in [-0.3, -0.25) is 14.3 Å². The highest BCUT2D eigenvalue weighted by atomic mass is 35.5. The van der Waals surface area contributed by atoms with Crippen LogP contribution in [0.3, 0.4) is 0 Å². The highest BCUT2D eigenvalue weighted by Crippen LogP contribution is 2.25. The zero-order valence-electron chi connectivity index (χ0n) is 12.3. The summed E-state index contributed by atoms with van der Waals surface area (Å²) in [6, 6.07) is 3.43. The predicted octanol–water partition coefficient (Wildman–Crippen LogP) is 2.02. The zero-order valence-corrected chi connectivity index (χ0v) is 13.0. The summed E-state index contributed by atoms with van der Waals surface area (Å²) in [6.07, 6.45) is 0. The van der Waals surface area contributed by atoms with Gasteiger partial charge in [-0.15, -0.1) is 0 Å². The summed E-state index contributed by atoms with van der Waals surface area (Å²) in [7, 11) is 0. The van der Waals surface area contributed by atoms with Crippen molar-refractivity contribution in [2.24, 2.45) is 0 Å². The molecule has 0 aliphatic heterocycles. The highest BCUT2D eigenvalue weighted by molar-refractivity contribution is 6.32. The average Bonchev–Trinajstić information content (AvgIpc) is 2.82. The molecule has 0 aromatic carbocycles. The van der Waals surface area contributed by atoms with Crippen molar-refractivity contribution in [3.05, 3.63) is 43.8 Å². The highest BCUT2D eigenvalue weighted by Gasteiger charge is 2.17. The number of hydrogen-bond donors (Lipinski definition) is 2. The van der Waals surface area contributed by atoms with Crippen LogP contribution in [-0.2, 0) is 0 Å². The van der Waals surface area contributed by atoms with E-state index in [1.165, 1.54) is 4.57 Å². The molecule has 0 saturated heterocycles. The van der Waals surface area contributed by atoms with Crippen LogP contribution in [0, 0.1) is 6.92 Å². The molecule has 0 radical (unpaired) electrons. The minimum Gasteiger partial charge on any atom is -0.332 e. The van der Waals surface area contributed by atoms with Gasteiger partial charge in [0.15, 0.2) is 5.65 Å². The number of imidazole rings is 1. The number of nitrogens with zero attached hydrogens (tertiary/aromatic N) is 3. The Morgan fingerprint density at radius 2 is 1.91 bits per heavy atom. The number of fused-ring (bicyclic) bond motifs is 1. The molecule has 3 aromatic rings. The van der Waals surface area contributed by atoms with Gasteiger partial charge < -0.3 is 4.98 Å². The molecule has 0 saturated carbocycles. The number of pyridine rings is 1. The number of nitrogens with one attached hydrogen (secondary N) is 2. The molecule has 22 heavy (non-hydrogen) atoms. The quantitative estimate of drug-likeness (QED) is 0.706. The molecule has 0 aliphatic rings. The molecule has 0 fully saturated rings. The molecule has 0 aliphatic carbocycles. The zero-order chi connectivity index (χ0) is 16.0. The van der Waals surface area contributed by atoms with E-state index in [4.69, 9.17) is 11.6 Å². The molecule has 114 valence electrons. The van der Waals surface area contributed by atoms with Crippen LogP contribution in [0.2, 0.25) is 5.15 Å². The van der Waals surface area contributed by atoms with Crippen molar-refractivity contribution in [1.82, 2.24) is 24.5 Å². The van der Waals surface area contributed by atoms with E-state index in [9.17, 15) is 9.59 Å². The second-order valence-corrected chi connectivity index (χ2v) is 5.66. The Kier molecular flexibility index (Phi) is 3.37. The summed E-state index contributed by atoms with van der Waals surface area (Å²) in [6.45, 7) is 5.51. The number of rotatable bonds is 2. The van der Waals surface area contributed by atoms with Crippen LogP contribution in [0.1, 0.15) is 25.6 Å². The Bertz CT molecular complexity index is 983. The summed E-state index contributed by atoms with van der Waals surface area (Å²) in [4.78, 5) is 37.7. The largest absolute Gasteiger partial charge is 0.332 e. The van der Waals surface area contributed by atoms with Crippen molar-refractivity contribution >= 4 is 22.8 Å². The summed E-state index contributed by atoms with van der Waals surface area (Å²) >= 11 is 6.14. The maximum atomic E-state index is 12.0. The molecule has 3 heterocycles. The normalized spacial score (nSPS) is 11.5. The van der Waals surface area contributed by atoms with Crippen molar-refractivity contribution in [2.75, 3.05) is 0 Å². The van der Waals surface area contributed by atoms with E-state index >= 15 is 0 Å². The van der Waals surface area contributed by atoms with Gasteiger partial charge in [-0.2, -0.15) is 0 Å². The van der Waals surface area contributed by atoms with Crippen molar-refractivity contribution in [3.63, 3.8) is 0 Å². The lowest BCUT2D eigenvalue weighted by Gasteiger charge is -2.08. The number of H-pyrrole nitrogens is 2. The van der Waals surface area contributed by atoms with Gasteiger partial charge in [0.1, 0.15) is 16.5 Å². The van der Waals surface area contributed by atoms with Crippen LogP contribution in [0.25, 0.3) is 22.6 Å². The molecular formula is C14H14ClN5O2. The molecule has 8 heteroatoms. The Morgan fingerprint density at radius 3 is 2.55 bits per heavy atom. The number of aromatic nitrogens is 5. The number of halogens is 1. The maximum Gasteiger partial charge on any atom is 0.330 e. The van der Waals surface area contributed by atoms with Crippen LogP contribution in [0.4, 0.5) is 0 Å². The summed E-state index contributed by atoms with van der Waals surface area (Å²) in [5.74, 6) is 0.401. The predicted molar refractivity (Wildman–Crippen MR) is 84.3 cm³/mol. The van der Waals surface area contributed by atoms with Crippen LogP contribution >= 0.6 is 11.6 Å². The third kappa shape index (κ3) is 2.23. The van der Waals surface area contributed by atoms with Gasteiger partial charge in [0.2, 0.25) is 0 Å². The van der Waals surface area contributed by atoms with Crippen molar-refractivity contribution in [1.29, 1.82) is 0 Å². The van der Waals surface area contributed by atoms with Crippen molar-refractivity contribution < 1.29 is 0 Å². The Hall–Kier alpha value is -2.41. The SMILES string of the molecule is Cc1ccc(-c2nc3c([nH]2)c(=O)[nH]c(=O)n3C(C)C)c(Cl)n1. The monoisotopic (exact) mass is 319 g/mol. The molecular weight excluding hydrogens is 306 g/mol. The standard InChI is InChI=1S/C14H14ClN5O2/c1-6(2)20-12-9(13(21)19-14(20)22)17-11(18-12)8-5-4-7(3)16-10(8)15/h4-6H,1-3H3,(H,17,18)(H,19,21,22). The molecule has 3 aromatic heterocycles. The molecule has 0 amide bonds. The van der Waals surface area contributed by atoms with Crippen LogP contribution < -0.4 is 11.2 Å². The number of aromatic amines is 2. The molecule has 0 atom stereocenters. The van der Waals surface area contributed by atoms with Gasteiger partial charge in [-0.05, 0) is 32.9 Å². The first-order valence-corrected chi connectivity index (χ1v) is 7.14. The topological polar surface area (TPSA) is 96.4 Å². The van der Waals surface area contributed by atoms with Crippen LogP contribution in [0.15, 0.2) is 21.7 Å². The first-order valence-electron chi connectivity index (χ1n) is 6.76. The second kappa shape index (κ2) is 5.10. The van der Waals surface area contributed by atoms with Gasteiger partial charge in [0.05, 0.1) is 5.56 Å². The fourth-order valence-corrected chi connectivity index (χ4v) is 2.61. The summed E-state index contributed by atoms with van der Waals surface area (Å²) < 4.78 is 1.42. The molecule has 0 spiro atoms. The molecule has 3 rings (SSSR count). The molecule has 7 nitrogen and oxygen atoms in total. The second-order valence-electron chi connectivity index (χ2n) is 5.30. The van der Waals surface area contributed by atoms with E-state index < -0.39 is 11.2 Å². The van der Waals surface area contributed by atoms with E-state index in [0.717, 1.165) is 5.69 Å². The molecule has 0 unspecified atom stereocenters. The Balaban J connectivity index is 2.35. The Labute approximate surface area is 130 Å². The summed E-state index contributed by atoms with van der Waals surface area (Å²) in [5, 5.41) is 0.286. The van der Waals surface area contributed by atoms with Gasteiger partial charge in [0.25, 0.3) is 5.56 Å². The first-order chi connectivity index (χ1) is 10.4. The van der Waals surface area contributed by atoms with E-state index in [-0.39, 0.29) is 16.7 Å². The maximum absolute atomic E-state index is 12.0. The van der Waals surface area contributed by atoms with Crippen LogP contribution in [-0.4, -0.2) is 24.5 Å². The molecule has 2 N–H and O–H groups in total. The van der Waals surface area contributed by atoms with Crippen molar-refractivity contribution in [2.45, 2.75) is 26.8 Å². The number of hydrogen-bond acceptors (Lipinski definition) is 4. The van der Waals surface area contributed by atoms with Gasteiger partial charge in [0, 0.05) is 11.7 Å². The lowest BCUT2D eigenvalue weighted by atomic mass is 10.2. The minimum atomic E-state index is -0.508. The number of aryl methyl sites for hydroxylation is 1. The fourth-order valence-electron chi connectivity index (χ4n) is 2.32. The lowest BCUT2D eigenvalue weighted by Crippen LogP contribution is -2.31. The van der Waals surface area contributed by atoms with Gasteiger partial charge in [-0.25, -0.2) is 14.8 Å². The van der Waals surface area contributed by atoms with Crippen molar-refractivity contribution in [3.8, 4) is 11.4 Å². The van der Waals surface area contributed by atoms with Gasteiger partial charge in [-0.1, -0.05) is 11.6 Å². The smallest absolute Gasteiger partial charge is 0.330 e. The van der Waals surface area contributed by atoms with E-state index in [1.54, 1.807) is 12.1 Å². The van der Waals surface area contributed by atoms with E-state index in [2.05, 4.69) is 19.9 Å². The summed E-state index contributed by atoms with van der Waals surface area (Å²) in [5.41, 5.74) is 0.897. The van der Waals surface area contributed by atoms with Crippen LogP contribution in [0.5, 0.6) is 0 Å². The third-order valence-corrected chi connectivity index (χ3v) is 3.63. The third-order valence-electron chi connectivity index (χ3n) is 3.34. The van der Waals surface area contributed by atoms with Gasteiger partial charge >= 0.3 is 5.69 Å². The first kappa shape index (κ1) is 14.5.